The van der Waals surface area contributed by atoms with Gasteiger partial charge in [0.15, 0.2) is 0 Å². The fourth-order valence-corrected chi connectivity index (χ4v) is 2.26. The predicted octanol–water partition coefficient (Wildman–Crippen LogP) is 4.42. The molecule has 0 bridgehead atoms. The zero-order valence-electron chi connectivity index (χ0n) is 14.0. The number of furan rings is 1. The van der Waals surface area contributed by atoms with E-state index in [2.05, 4.69) is 34.4 Å². The van der Waals surface area contributed by atoms with Crippen LogP contribution < -0.4 is 10.6 Å². The Bertz CT molecular complexity index is 754. The van der Waals surface area contributed by atoms with Gasteiger partial charge in [-0.05, 0) is 18.1 Å². The molecular formula is C19H22N4O. The monoisotopic (exact) mass is 322 g/mol. The van der Waals surface area contributed by atoms with Crippen molar-refractivity contribution in [3.05, 3.63) is 60.6 Å². The lowest BCUT2D eigenvalue weighted by Crippen LogP contribution is -2.11. The zero-order valence-corrected chi connectivity index (χ0v) is 14.0. The summed E-state index contributed by atoms with van der Waals surface area (Å²) in [6, 6.07) is 15.9. The van der Waals surface area contributed by atoms with Crippen molar-refractivity contribution in [2.75, 3.05) is 17.2 Å². The molecule has 0 aliphatic carbocycles. The molecular weight excluding hydrogens is 300 g/mol. The number of hydrogen-bond donors (Lipinski definition) is 2. The van der Waals surface area contributed by atoms with Crippen LogP contribution in [0.5, 0.6) is 0 Å². The van der Waals surface area contributed by atoms with Crippen LogP contribution in [0.1, 0.15) is 19.6 Å². The molecule has 0 aliphatic rings. The Morgan fingerprint density at radius 2 is 1.83 bits per heavy atom. The Hall–Kier alpha value is -2.82. The summed E-state index contributed by atoms with van der Waals surface area (Å²) in [4.78, 5) is 9.18. The topological polar surface area (TPSA) is 63.0 Å². The molecule has 0 saturated carbocycles. The zero-order chi connectivity index (χ0) is 16.8. The second-order valence-electron chi connectivity index (χ2n) is 6.04. The van der Waals surface area contributed by atoms with Gasteiger partial charge in [-0.25, -0.2) is 4.98 Å². The minimum Gasteiger partial charge on any atom is -0.467 e. The van der Waals surface area contributed by atoms with Crippen LogP contribution >= 0.6 is 0 Å². The molecule has 3 aromatic rings. The van der Waals surface area contributed by atoms with Gasteiger partial charge in [0.2, 0.25) is 5.95 Å². The van der Waals surface area contributed by atoms with Gasteiger partial charge in [0.1, 0.15) is 11.6 Å². The molecule has 2 aromatic heterocycles. The summed E-state index contributed by atoms with van der Waals surface area (Å²) in [6.45, 7) is 5.75. The predicted molar refractivity (Wildman–Crippen MR) is 96.8 cm³/mol. The molecule has 0 atom stereocenters. The second kappa shape index (κ2) is 7.64. The Morgan fingerprint density at radius 3 is 2.54 bits per heavy atom. The molecule has 24 heavy (non-hydrogen) atoms. The molecule has 2 heterocycles. The van der Waals surface area contributed by atoms with E-state index in [9.17, 15) is 0 Å². The molecule has 0 fully saturated rings. The molecule has 2 N–H and O–H groups in total. The van der Waals surface area contributed by atoms with Crippen LogP contribution in [0, 0.1) is 5.92 Å². The summed E-state index contributed by atoms with van der Waals surface area (Å²) >= 11 is 0. The van der Waals surface area contributed by atoms with E-state index >= 15 is 0 Å². The van der Waals surface area contributed by atoms with E-state index < -0.39 is 0 Å². The molecule has 124 valence electrons. The van der Waals surface area contributed by atoms with Crippen LogP contribution in [-0.2, 0) is 6.54 Å². The first kappa shape index (κ1) is 16.1. The highest BCUT2D eigenvalue weighted by molar-refractivity contribution is 5.64. The van der Waals surface area contributed by atoms with Crippen molar-refractivity contribution in [1.29, 1.82) is 0 Å². The summed E-state index contributed by atoms with van der Waals surface area (Å²) in [7, 11) is 0. The van der Waals surface area contributed by atoms with Crippen LogP contribution in [0.2, 0.25) is 0 Å². The molecule has 1 aromatic carbocycles. The van der Waals surface area contributed by atoms with Gasteiger partial charge in [0, 0.05) is 18.2 Å². The number of rotatable bonds is 7. The Kier molecular flexibility index (Phi) is 5.11. The van der Waals surface area contributed by atoms with Crippen molar-refractivity contribution in [3.8, 4) is 11.3 Å². The maximum absolute atomic E-state index is 5.35. The molecule has 5 heteroatoms. The maximum atomic E-state index is 5.35. The second-order valence-corrected chi connectivity index (χ2v) is 6.04. The standard InChI is InChI=1S/C19H22N4O/c1-14(2)12-20-18-11-17(15-7-4-3-5-8-15)22-19(23-18)21-13-16-9-6-10-24-16/h3-11,14H,12-13H2,1-2H3,(H2,20,21,22,23). The van der Waals surface area contributed by atoms with E-state index in [1.54, 1.807) is 6.26 Å². The summed E-state index contributed by atoms with van der Waals surface area (Å²) in [5.41, 5.74) is 1.95. The van der Waals surface area contributed by atoms with E-state index in [4.69, 9.17) is 4.42 Å². The van der Waals surface area contributed by atoms with E-state index in [-0.39, 0.29) is 0 Å². The lowest BCUT2D eigenvalue weighted by Gasteiger charge is -2.12. The van der Waals surface area contributed by atoms with E-state index in [1.807, 2.05) is 48.5 Å². The lowest BCUT2D eigenvalue weighted by molar-refractivity contribution is 0.517. The van der Waals surface area contributed by atoms with Crippen molar-refractivity contribution in [2.24, 2.45) is 5.92 Å². The Labute approximate surface area is 142 Å². The van der Waals surface area contributed by atoms with E-state index in [1.165, 1.54) is 0 Å². The quantitative estimate of drug-likeness (QED) is 0.674. The smallest absolute Gasteiger partial charge is 0.225 e. The fraction of sp³-hybridized carbons (Fsp3) is 0.263. The number of benzene rings is 1. The number of aromatic nitrogens is 2. The van der Waals surface area contributed by atoms with Crippen molar-refractivity contribution in [3.63, 3.8) is 0 Å². The maximum Gasteiger partial charge on any atom is 0.225 e. The molecule has 0 radical (unpaired) electrons. The Balaban J connectivity index is 1.84. The van der Waals surface area contributed by atoms with Crippen molar-refractivity contribution in [2.45, 2.75) is 20.4 Å². The van der Waals surface area contributed by atoms with Crippen LogP contribution in [0.15, 0.2) is 59.2 Å². The molecule has 0 spiro atoms. The third kappa shape index (κ3) is 4.35. The fourth-order valence-electron chi connectivity index (χ4n) is 2.26. The number of anilines is 2. The van der Waals surface area contributed by atoms with Gasteiger partial charge >= 0.3 is 0 Å². The molecule has 0 aliphatic heterocycles. The summed E-state index contributed by atoms with van der Waals surface area (Å²) < 4.78 is 5.35. The first-order chi connectivity index (χ1) is 11.7. The van der Waals surface area contributed by atoms with Crippen molar-refractivity contribution < 1.29 is 4.42 Å². The molecule has 5 nitrogen and oxygen atoms in total. The average Bonchev–Trinajstić information content (AvgIpc) is 3.12. The highest BCUT2D eigenvalue weighted by Gasteiger charge is 2.08. The first-order valence-electron chi connectivity index (χ1n) is 8.15. The minimum atomic E-state index is 0.541. The highest BCUT2D eigenvalue weighted by atomic mass is 16.3. The van der Waals surface area contributed by atoms with E-state index in [0.29, 0.717) is 18.4 Å². The molecule has 0 saturated heterocycles. The van der Waals surface area contributed by atoms with Gasteiger partial charge in [0.25, 0.3) is 0 Å². The van der Waals surface area contributed by atoms with Crippen LogP contribution in [-0.4, -0.2) is 16.5 Å². The van der Waals surface area contributed by atoms with Crippen molar-refractivity contribution in [1.82, 2.24) is 9.97 Å². The first-order valence-corrected chi connectivity index (χ1v) is 8.15. The summed E-state index contributed by atoms with van der Waals surface area (Å²) in [6.07, 6.45) is 1.66. The lowest BCUT2D eigenvalue weighted by atomic mass is 10.1. The van der Waals surface area contributed by atoms with Crippen LogP contribution in [0.25, 0.3) is 11.3 Å². The third-order valence-electron chi connectivity index (χ3n) is 3.49. The van der Waals surface area contributed by atoms with Crippen LogP contribution in [0.4, 0.5) is 11.8 Å². The molecule has 3 rings (SSSR count). The number of nitrogens with one attached hydrogen (secondary N) is 2. The van der Waals surface area contributed by atoms with Gasteiger partial charge < -0.3 is 15.1 Å². The van der Waals surface area contributed by atoms with Gasteiger partial charge in [0.05, 0.1) is 18.5 Å². The largest absolute Gasteiger partial charge is 0.467 e. The van der Waals surface area contributed by atoms with Crippen molar-refractivity contribution >= 4 is 11.8 Å². The SMILES string of the molecule is CC(C)CNc1cc(-c2ccccc2)nc(NCc2ccco2)n1. The number of nitrogens with zero attached hydrogens (tertiary/aromatic N) is 2. The van der Waals surface area contributed by atoms with Gasteiger partial charge in [-0.3, -0.25) is 0 Å². The van der Waals surface area contributed by atoms with Gasteiger partial charge in [-0.1, -0.05) is 44.2 Å². The average molecular weight is 322 g/mol. The number of hydrogen-bond acceptors (Lipinski definition) is 5. The highest BCUT2D eigenvalue weighted by Crippen LogP contribution is 2.21. The van der Waals surface area contributed by atoms with E-state index in [0.717, 1.165) is 29.4 Å². The van der Waals surface area contributed by atoms with Gasteiger partial charge in [-0.15, -0.1) is 0 Å². The minimum absolute atomic E-state index is 0.541. The molecule has 0 unspecified atom stereocenters. The normalized spacial score (nSPS) is 10.8. The van der Waals surface area contributed by atoms with Gasteiger partial charge in [-0.2, -0.15) is 4.98 Å². The third-order valence-corrected chi connectivity index (χ3v) is 3.49. The van der Waals surface area contributed by atoms with Crippen LogP contribution in [0.3, 0.4) is 0 Å². The summed E-state index contributed by atoms with van der Waals surface area (Å²) in [5, 5.41) is 6.60. The summed E-state index contributed by atoms with van der Waals surface area (Å²) in [5.74, 6) is 2.79. The molecule has 0 amide bonds. The Morgan fingerprint density at radius 1 is 1.00 bits per heavy atom.